The second kappa shape index (κ2) is 5.42. The summed E-state index contributed by atoms with van der Waals surface area (Å²) >= 11 is 1.69. The van der Waals surface area contributed by atoms with E-state index in [-0.39, 0.29) is 11.3 Å². The van der Waals surface area contributed by atoms with Gasteiger partial charge in [-0.3, -0.25) is 14.4 Å². The van der Waals surface area contributed by atoms with Crippen molar-refractivity contribution in [2.75, 3.05) is 24.5 Å². The molecule has 0 aliphatic carbocycles. The van der Waals surface area contributed by atoms with Crippen LogP contribution in [0.15, 0.2) is 17.8 Å². The van der Waals surface area contributed by atoms with E-state index < -0.39 is 0 Å². The van der Waals surface area contributed by atoms with Crippen LogP contribution >= 0.6 is 11.3 Å². The van der Waals surface area contributed by atoms with Gasteiger partial charge in [0.2, 0.25) is 5.91 Å². The van der Waals surface area contributed by atoms with Gasteiger partial charge in [-0.1, -0.05) is 0 Å². The van der Waals surface area contributed by atoms with Gasteiger partial charge >= 0.3 is 0 Å². The minimum absolute atomic E-state index is 0.207. The van der Waals surface area contributed by atoms with Gasteiger partial charge in [0.15, 0.2) is 0 Å². The number of likely N-dealkylation sites (tertiary alicyclic amines) is 1. The lowest BCUT2D eigenvalue weighted by Crippen LogP contribution is -2.36. The average molecular weight is 331 g/mol. The van der Waals surface area contributed by atoms with Crippen LogP contribution in [0.1, 0.15) is 23.5 Å². The Morgan fingerprint density at radius 3 is 2.87 bits per heavy atom. The number of hydrogen-bond acceptors (Lipinski definition) is 5. The molecule has 1 amide bonds. The van der Waals surface area contributed by atoms with E-state index in [9.17, 15) is 4.79 Å². The standard InChI is InChI=1S/C16H21N5OS/c1-12-18-13(10-23-12)8-20-5-3-16(11-20)4-6-21(15(16)22)14-7-17-19(2)9-14/h7,9-10H,3-6,8,11H2,1-2H3/t16-/m1/s1. The minimum Gasteiger partial charge on any atom is -0.309 e. The molecule has 0 radical (unpaired) electrons. The number of rotatable bonds is 3. The predicted octanol–water partition coefficient (Wildman–Crippen LogP) is 1.81. The average Bonchev–Trinajstić information content (AvgIpc) is 3.26. The first-order chi connectivity index (χ1) is 11.1. The van der Waals surface area contributed by atoms with Crippen LogP contribution in [0.25, 0.3) is 0 Å². The fourth-order valence-electron chi connectivity index (χ4n) is 3.80. The maximum absolute atomic E-state index is 13.0. The Labute approximate surface area is 139 Å². The van der Waals surface area contributed by atoms with Crippen molar-refractivity contribution >= 4 is 22.9 Å². The van der Waals surface area contributed by atoms with Crippen LogP contribution in [0.5, 0.6) is 0 Å². The van der Waals surface area contributed by atoms with E-state index in [1.807, 2.05) is 25.1 Å². The van der Waals surface area contributed by atoms with Crippen LogP contribution in [-0.2, 0) is 18.4 Å². The molecule has 2 aromatic heterocycles. The third-order valence-electron chi connectivity index (χ3n) is 5.00. The Balaban J connectivity index is 1.46. The molecule has 2 aromatic rings. The summed E-state index contributed by atoms with van der Waals surface area (Å²) in [5.41, 5.74) is 1.84. The van der Waals surface area contributed by atoms with Crippen LogP contribution in [0.3, 0.4) is 0 Å². The first kappa shape index (κ1) is 14.8. The third-order valence-corrected chi connectivity index (χ3v) is 5.82. The SMILES string of the molecule is Cc1nc(CN2CC[C@@]3(CCN(c4cnn(C)c4)C3=O)C2)cs1. The monoisotopic (exact) mass is 331 g/mol. The molecular formula is C16H21N5OS. The molecule has 1 atom stereocenters. The van der Waals surface area contributed by atoms with Gasteiger partial charge in [-0.25, -0.2) is 4.98 Å². The lowest BCUT2D eigenvalue weighted by atomic mass is 9.85. The van der Waals surface area contributed by atoms with Crippen LogP contribution in [0.4, 0.5) is 5.69 Å². The Bertz CT molecular complexity index is 738. The number of carbonyl (C=O) groups excluding carboxylic acids is 1. The molecule has 0 aromatic carbocycles. The van der Waals surface area contributed by atoms with Crippen molar-refractivity contribution < 1.29 is 4.79 Å². The molecule has 122 valence electrons. The molecule has 2 aliphatic rings. The van der Waals surface area contributed by atoms with Gasteiger partial charge in [0.1, 0.15) is 0 Å². The molecule has 2 aliphatic heterocycles. The second-order valence-corrected chi connectivity index (χ2v) is 7.74. The number of aryl methyl sites for hydroxylation is 2. The van der Waals surface area contributed by atoms with Crippen LogP contribution in [-0.4, -0.2) is 45.2 Å². The van der Waals surface area contributed by atoms with E-state index in [0.29, 0.717) is 0 Å². The number of hydrogen-bond donors (Lipinski definition) is 0. The highest BCUT2D eigenvalue weighted by atomic mass is 32.1. The summed E-state index contributed by atoms with van der Waals surface area (Å²) in [5, 5.41) is 7.42. The van der Waals surface area contributed by atoms with Gasteiger partial charge in [-0.15, -0.1) is 11.3 Å². The molecule has 0 saturated carbocycles. The number of amides is 1. The van der Waals surface area contributed by atoms with E-state index in [0.717, 1.165) is 55.4 Å². The molecule has 1 spiro atoms. The zero-order valence-electron chi connectivity index (χ0n) is 13.5. The summed E-state index contributed by atoms with van der Waals surface area (Å²) in [5.74, 6) is 0.266. The Morgan fingerprint density at radius 2 is 2.17 bits per heavy atom. The smallest absolute Gasteiger partial charge is 0.234 e. The fourth-order valence-corrected chi connectivity index (χ4v) is 4.40. The highest BCUT2D eigenvalue weighted by Gasteiger charge is 2.51. The molecule has 0 N–H and O–H groups in total. The summed E-state index contributed by atoms with van der Waals surface area (Å²) in [6.07, 6.45) is 5.59. The van der Waals surface area contributed by atoms with Crippen LogP contribution < -0.4 is 4.90 Å². The van der Waals surface area contributed by atoms with Gasteiger partial charge in [-0.05, 0) is 26.3 Å². The van der Waals surface area contributed by atoms with E-state index in [2.05, 4.69) is 20.4 Å². The number of carbonyl (C=O) groups is 1. The normalized spacial score (nSPS) is 25.1. The third kappa shape index (κ3) is 2.57. The Morgan fingerprint density at radius 1 is 1.35 bits per heavy atom. The zero-order chi connectivity index (χ0) is 16.0. The predicted molar refractivity (Wildman–Crippen MR) is 89.4 cm³/mol. The fraction of sp³-hybridized carbons (Fsp3) is 0.562. The molecule has 4 rings (SSSR count). The first-order valence-electron chi connectivity index (χ1n) is 8.00. The van der Waals surface area contributed by atoms with Crippen molar-refractivity contribution in [3.8, 4) is 0 Å². The highest BCUT2D eigenvalue weighted by Crippen LogP contribution is 2.42. The number of nitrogens with zero attached hydrogens (tertiary/aromatic N) is 5. The Kier molecular flexibility index (Phi) is 3.50. The first-order valence-corrected chi connectivity index (χ1v) is 8.88. The van der Waals surface area contributed by atoms with Crippen molar-refractivity contribution in [1.29, 1.82) is 0 Å². The van der Waals surface area contributed by atoms with Gasteiger partial charge < -0.3 is 4.90 Å². The molecule has 2 saturated heterocycles. The number of thiazole rings is 1. The van der Waals surface area contributed by atoms with Crippen molar-refractivity contribution in [2.24, 2.45) is 12.5 Å². The van der Waals surface area contributed by atoms with Crippen molar-refractivity contribution in [2.45, 2.75) is 26.3 Å². The van der Waals surface area contributed by atoms with Crippen LogP contribution in [0.2, 0.25) is 0 Å². The summed E-state index contributed by atoms with van der Waals surface area (Å²) in [6.45, 7) is 5.51. The van der Waals surface area contributed by atoms with E-state index in [1.54, 1.807) is 22.2 Å². The molecular weight excluding hydrogens is 310 g/mol. The lowest BCUT2D eigenvalue weighted by molar-refractivity contribution is -0.125. The maximum Gasteiger partial charge on any atom is 0.234 e. The molecule has 7 heteroatoms. The molecule has 2 fully saturated rings. The van der Waals surface area contributed by atoms with Crippen molar-refractivity contribution in [3.63, 3.8) is 0 Å². The summed E-state index contributed by atoms with van der Waals surface area (Å²) in [4.78, 5) is 21.8. The molecule has 0 bridgehead atoms. The van der Waals surface area contributed by atoms with E-state index >= 15 is 0 Å². The summed E-state index contributed by atoms with van der Waals surface area (Å²) in [6, 6.07) is 0. The van der Waals surface area contributed by atoms with Crippen LogP contribution in [0, 0.1) is 12.3 Å². The second-order valence-electron chi connectivity index (χ2n) is 6.68. The molecule has 23 heavy (non-hydrogen) atoms. The van der Waals surface area contributed by atoms with E-state index in [4.69, 9.17) is 0 Å². The maximum atomic E-state index is 13.0. The van der Waals surface area contributed by atoms with Crippen molar-refractivity contribution in [3.05, 3.63) is 28.5 Å². The Hall–Kier alpha value is -1.73. The van der Waals surface area contributed by atoms with Crippen molar-refractivity contribution in [1.82, 2.24) is 19.7 Å². The molecule has 4 heterocycles. The van der Waals surface area contributed by atoms with E-state index in [1.165, 1.54) is 0 Å². The minimum atomic E-state index is -0.207. The molecule has 6 nitrogen and oxygen atoms in total. The lowest BCUT2D eigenvalue weighted by Gasteiger charge is -2.22. The summed E-state index contributed by atoms with van der Waals surface area (Å²) < 4.78 is 1.75. The topological polar surface area (TPSA) is 54.3 Å². The van der Waals surface area contributed by atoms with Gasteiger partial charge in [-0.2, -0.15) is 5.10 Å². The number of anilines is 1. The molecule has 0 unspecified atom stereocenters. The number of aromatic nitrogens is 3. The summed E-state index contributed by atoms with van der Waals surface area (Å²) in [7, 11) is 1.88. The highest BCUT2D eigenvalue weighted by molar-refractivity contribution is 7.09. The quantitative estimate of drug-likeness (QED) is 0.861. The van der Waals surface area contributed by atoms with Gasteiger partial charge in [0.25, 0.3) is 0 Å². The van der Waals surface area contributed by atoms with Gasteiger partial charge in [0.05, 0.1) is 28.0 Å². The zero-order valence-corrected chi connectivity index (χ0v) is 14.3. The van der Waals surface area contributed by atoms with Gasteiger partial charge in [0, 0.05) is 38.3 Å². The largest absolute Gasteiger partial charge is 0.309 e.